The molecule has 0 bridgehead atoms. The zero-order chi connectivity index (χ0) is 20.1. The van der Waals surface area contributed by atoms with E-state index in [1.165, 1.54) is 15.9 Å². The molecule has 0 aliphatic heterocycles. The quantitative estimate of drug-likeness (QED) is 0.721. The summed E-state index contributed by atoms with van der Waals surface area (Å²) in [6.45, 7) is -0.000170. The van der Waals surface area contributed by atoms with Crippen LogP contribution in [0.1, 0.15) is 30.9 Å². The number of nitrogens with one attached hydrogen (secondary N) is 2. The molecule has 0 unspecified atom stereocenters. The monoisotopic (exact) mass is 384 g/mol. The fourth-order valence-corrected chi connectivity index (χ4v) is 2.98. The van der Waals surface area contributed by atoms with E-state index in [0.717, 1.165) is 24.8 Å². The summed E-state index contributed by atoms with van der Waals surface area (Å²) >= 11 is 0. The average Bonchev–Trinajstić information content (AvgIpc) is 3.07. The van der Waals surface area contributed by atoms with Crippen LogP contribution in [0.3, 0.4) is 0 Å². The van der Waals surface area contributed by atoms with Gasteiger partial charge in [-0.25, -0.2) is 9.67 Å². The number of carbonyl (C=O) groups excluding carboxylic acids is 3. The summed E-state index contributed by atoms with van der Waals surface area (Å²) in [6.07, 6.45) is 4.50. The molecule has 1 fully saturated rings. The highest BCUT2D eigenvalue weighted by molar-refractivity contribution is 6.39. The second kappa shape index (κ2) is 8.64. The lowest BCUT2D eigenvalue weighted by Crippen LogP contribution is -2.42. The Morgan fingerprint density at radius 3 is 2.50 bits per heavy atom. The van der Waals surface area contributed by atoms with Gasteiger partial charge in [-0.1, -0.05) is 36.8 Å². The smallest absolute Gasteiger partial charge is 0.316 e. The van der Waals surface area contributed by atoms with E-state index in [-0.39, 0.29) is 24.4 Å². The fraction of sp³-hybridized carbons (Fsp3) is 0.421. The summed E-state index contributed by atoms with van der Waals surface area (Å²) in [5.41, 5.74) is 0.984. The van der Waals surface area contributed by atoms with Crippen molar-refractivity contribution in [1.29, 1.82) is 0 Å². The van der Waals surface area contributed by atoms with Gasteiger partial charge in [0.25, 0.3) is 0 Å². The molecule has 2 N–H and O–H groups in total. The second-order valence-corrected chi connectivity index (χ2v) is 7.06. The van der Waals surface area contributed by atoms with Gasteiger partial charge in [-0.3, -0.25) is 19.7 Å². The van der Waals surface area contributed by atoms with Crippen LogP contribution in [0.4, 0.5) is 5.95 Å². The number of benzene rings is 1. The van der Waals surface area contributed by atoms with Crippen LogP contribution in [-0.2, 0) is 20.9 Å². The largest absolute Gasteiger partial charge is 0.347 e. The van der Waals surface area contributed by atoms with Gasteiger partial charge >= 0.3 is 11.8 Å². The fourth-order valence-electron chi connectivity index (χ4n) is 2.98. The van der Waals surface area contributed by atoms with Gasteiger partial charge in [0, 0.05) is 14.1 Å². The Balaban J connectivity index is 1.60. The number of aromatic nitrogens is 3. The molecule has 3 rings (SSSR count). The van der Waals surface area contributed by atoms with E-state index in [1.807, 2.05) is 30.3 Å². The molecule has 1 aromatic heterocycles. The zero-order valence-electron chi connectivity index (χ0n) is 16.0. The van der Waals surface area contributed by atoms with Crippen molar-refractivity contribution in [2.75, 3.05) is 19.4 Å². The minimum Gasteiger partial charge on any atom is -0.347 e. The van der Waals surface area contributed by atoms with Crippen molar-refractivity contribution in [3.8, 4) is 0 Å². The summed E-state index contributed by atoms with van der Waals surface area (Å²) in [6, 6.07) is 9.45. The van der Waals surface area contributed by atoms with Gasteiger partial charge in [-0.05, 0) is 24.3 Å². The van der Waals surface area contributed by atoms with Crippen LogP contribution in [0.15, 0.2) is 36.7 Å². The van der Waals surface area contributed by atoms with Crippen LogP contribution < -0.4 is 10.6 Å². The number of hydrogen-bond donors (Lipinski definition) is 2. The van der Waals surface area contributed by atoms with E-state index in [1.54, 1.807) is 14.1 Å². The minimum atomic E-state index is -0.836. The Morgan fingerprint density at radius 2 is 1.89 bits per heavy atom. The Hall–Kier alpha value is -3.23. The van der Waals surface area contributed by atoms with Crippen LogP contribution in [0.5, 0.6) is 0 Å². The van der Waals surface area contributed by atoms with Crippen molar-refractivity contribution < 1.29 is 14.4 Å². The van der Waals surface area contributed by atoms with E-state index < -0.39 is 11.8 Å². The number of nitrogens with zero attached hydrogens (tertiary/aromatic N) is 4. The first kappa shape index (κ1) is 19.5. The molecule has 1 atom stereocenters. The van der Waals surface area contributed by atoms with Crippen LogP contribution in [0.25, 0.3) is 0 Å². The lowest BCUT2D eigenvalue weighted by atomic mass is 9.77. The van der Waals surface area contributed by atoms with Crippen LogP contribution in [-0.4, -0.2) is 51.5 Å². The normalized spacial score (nSPS) is 14.6. The maximum Gasteiger partial charge on any atom is 0.316 e. The highest BCUT2D eigenvalue weighted by atomic mass is 16.2. The van der Waals surface area contributed by atoms with Crippen molar-refractivity contribution in [2.45, 2.75) is 31.8 Å². The van der Waals surface area contributed by atoms with Crippen LogP contribution in [0.2, 0.25) is 0 Å². The third-order valence-electron chi connectivity index (χ3n) is 4.83. The van der Waals surface area contributed by atoms with Crippen molar-refractivity contribution in [3.05, 3.63) is 42.2 Å². The van der Waals surface area contributed by atoms with Gasteiger partial charge in [-0.15, -0.1) is 5.10 Å². The molecule has 28 heavy (non-hydrogen) atoms. The zero-order valence-corrected chi connectivity index (χ0v) is 16.0. The molecule has 1 aromatic carbocycles. The number of hydrogen-bond acceptors (Lipinski definition) is 5. The average molecular weight is 384 g/mol. The van der Waals surface area contributed by atoms with Gasteiger partial charge in [0.15, 0.2) is 0 Å². The van der Waals surface area contributed by atoms with Gasteiger partial charge in [0.1, 0.15) is 12.9 Å². The maximum absolute atomic E-state index is 12.4. The molecule has 1 aliphatic carbocycles. The molecule has 2 aromatic rings. The molecule has 148 valence electrons. The van der Waals surface area contributed by atoms with Crippen molar-refractivity contribution in [2.24, 2.45) is 5.92 Å². The predicted octanol–water partition coefficient (Wildman–Crippen LogP) is 0.962. The summed E-state index contributed by atoms with van der Waals surface area (Å²) < 4.78 is 1.30. The first-order chi connectivity index (χ1) is 13.4. The Morgan fingerprint density at radius 1 is 1.18 bits per heavy atom. The first-order valence-electron chi connectivity index (χ1n) is 9.20. The van der Waals surface area contributed by atoms with Gasteiger partial charge in [0.2, 0.25) is 11.9 Å². The van der Waals surface area contributed by atoms with Gasteiger partial charge in [-0.2, -0.15) is 0 Å². The predicted molar refractivity (Wildman–Crippen MR) is 102 cm³/mol. The van der Waals surface area contributed by atoms with Crippen LogP contribution >= 0.6 is 0 Å². The SMILES string of the molecule is CN(C)C(=O)Cn1cnc(NC(=O)C(=O)N[C@@H](c2ccccc2)C2CCC2)n1. The van der Waals surface area contributed by atoms with Gasteiger partial charge < -0.3 is 10.2 Å². The second-order valence-electron chi connectivity index (χ2n) is 7.06. The third kappa shape index (κ3) is 4.73. The molecule has 9 heteroatoms. The summed E-state index contributed by atoms with van der Waals surface area (Å²) in [5, 5.41) is 9.21. The molecule has 1 heterocycles. The van der Waals surface area contributed by atoms with E-state index in [9.17, 15) is 14.4 Å². The summed E-state index contributed by atoms with van der Waals surface area (Å²) in [4.78, 5) is 41.7. The molecule has 0 radical (unpaired) electrons. The van der Waals surface area contributed by atoms with E-state index in [0.29, 0.717) is 5.92 Å². The molecule has 3 amide bonds. The summed E-state index contributed by atoms with van der Waals surface area (Å²) in [5.74, 6) is -1.43. The Bertz CT molecular complexity index is 844. The van der Waals surface area contributed by atoms with Crippen molar-refractivity contribution in [3.63, 3.8) is 0 Å². The standard InChI is InChI=1S/C19H24N6O3/c1-24(2)15(26)11-25-12-20-19(23-25)22-18(28)17(27)21-16(14-9-6-10-14)13-7-4-3-5-8-13/h3-5,7-8,12,14,16H,6,9-11H2,1-2H3,(H,21,27)(H,22,23,28)/t16-/m0/s1. The topological polar surface area (TPSA) is 109 Å². The molecular formula is C19H24N6O3. The Kier molecular flexibility index (Phi) is 6.03. The number of anilines is 1. The first-order valence-corrected chi connectivity index (χ1v) is 9.20. The summed E-state index contributed by atoms with van der Waals surface area (Å²) in [7, 11) is 3.27. The molecule has 1 saturated carbocycles. The lowest BCUT2D eigenvalue weighted by molar-refractivity contribution is -0.137. The number of amides is 3. The maximum atomic E-state index is 12.4. The molecule has 0 saturated heterocycles. The third-order valence-corrected chi connectivity index (χ3v) is 4.83. The minimum absolute atomic E-state index is 0.000170. The van der Waals surface area contributed by atoms with E-state index >= 15 is 0 Å². The number of likely N-dealkylation sites (N-methyl/N-ethyl adjacent to an activating group) is 1. The highest BCUT2D eigenvalue weighted by Gasteiger charge is 2.31. The van der Waals surface area contributed by atoms with E-state index in [2.05, 4.69) is 20.7 Å². The van der Waals surface area contributed by atoms with Crippen molar-refractivity contribution in [1.82, 2.24) is 25.0 Å². The lowest BCUT2D eigenvalue weighted by Gasteiger charge is -2.34. The number of rotatable bonds is 6. The van der Waals surface area contributed by atoms with E-state index in [4.69, 9.17) is 0 Å². The molecule has 1 aliphatic rings. The number of carbonyl (C=O) groups is 3. The van der Waals surface area contributed by atoms with Gasteiger partial charge in [0.05, 0.1) is 6.04 Å². The Labute approximate surface area is 163 Å². The van der Waals surface area contributed by atoms with Crippen LogP contribution in [0, 0.1) is 5.92 Å². The molecule has 0 spiro atoms. The highest BCUT2D eigenvalue weighted by Crippen LogP contribution is 2.37. The van der Waals surface area contributed by atoms with Crippen molar-refractivity contribution >= 4 is 23.7 Å². The molecular weight excluding hydrogens is 360 g/mol. The molecule has 9 nitrogen and oxygen atoms in total.